The summed E-state index contributed by atoms with van der Waals surface area (Å²) in [6, 6.07) is 17.9. The summed E-state index contributed by atoms with van der Waals surface area (Å²) in [5.41, 5.74) is 1.70. The molecule has 0 saturated carbocycles. The van der Waals surface area contributed by atoms with E-state index in [4.69, 9.17) is 4.42 Å². The predicted octanol–water partition coefficient (Wildman–Crippen LogP) is 5.25. The molecule has 6 nitrogen and oxygen atoms in total. The molecule has 3 aromatic rings. The summed E-state index contributed by atoms with van der Waals surface area (Å²) in [6.45, 7) is 0.268. The van der Waals surface area contributed by atoms with E-state index in [1.165, 1.54) is 11.8 Å². The Morgan fingerprint density at radius 1 is 1.07 bits per heavy atom. The van der Waals surface area contributed by atoms with Gasteiger partial charge in [0.05, 0.1) is 23.9 Å². The standard InChI is InChI=1S/C22H16BrN3O3S/c23-17-7-3-15(4-8-17)12-20-21(28)26(14-19-2-1-11-29-19)22(30-20)25-24-13-16-5-9-18(27)10-6-16/h1-13,27H,14H2/b20-12-,24-13-,25-22+. The van der Waals surface area contributed by atoms with Crippen molar-refractivity contribution in [2.75, 3.05) is 0 Å². The molecule has 8 heteroatoms. The van der Waals surface area contributed by atoms with Gasteiger partial charge in [0.25, 0.3) is 5.91 Å². The smallest absolute Gasteiger partial charge is 0.267 e. The second-order valence-electron chi connectivity index (χ2n) is 6.35. The Kier molecular flexibility index (Phi) is 6.15. The molecule has 0 bridgehead atoms. The number of carbonyl (C=O) groups is 1. The van der Waals surface area contributed by atoms with Crippen LogP contribution in [0.5, 0.6) is 5.75 Å². The fraction of sp³-hybridized carbons (Fsp3) is 0.0455. The maximum Gasteiger partial charge on any atom is 0.267 e. The third kappa shape index (κ3) is 4.90. The van der Waals surface area contributed by atoms with Gasteiger partial charge in [0.2, 0.25) is 0 Å². The van der Waals surface area contributed by atoms with Crippen LogP contribution in [-0.4, -0.2) is 27.3 Å². The summed E-state index contributed by atoms with van der Waals surface area (Å²) in [4.78, 5) is 15.1. The van der Waals surface area contributed by atoms with Gasteiger partial charge in [-0.25, -0.2) is 0 Å². The topological polar surface area (TPSA) is 78.4 Å². The minimum Gasteiger partial charge on any atom is -0.508 e. The van der Waals surface area contributed by atoms with Crippen molar-refractivity contribution in [3.63, 3.8) is 0 Å². The molecule has 2 aromatic carbocycles. The number of hydrogen-bond acceptors (Lipinski definition) is 6. The lowest BCUT2D eigenvalue weighted by atomic mass is 10.2. The van der Waals surface area contributed by atoms with E-state index < -0.39 is 0 Å². The molecular weight excluding hydrogens is 466 g/mol. The number of phenols is 1. The van der Waals surface area contributed by atoms with Crippen molar-refractivity contribution in [2.45, 2.75) is 6.54 Å². The van der Waals surface area contributed by atoms with Crippen LogP contribution in [0.25, 0.3) is 6.08 Å². The maximum absolute atomic E-state index is 13.0. The second-order valence-corrected chi connectivity index (χ2v) is 8.28. The van der Waals surface area contributed by atoms with Gasteiger partial charge in [-0.05, 0) is 77.5 Å². The fourth-order valence-corrected chi connectivity index (χ4v) is 3.90. The molecule has 0 aliphatic carbocycles. The number of carbonyl (C=O) groups excluding carboxylic acids is 1. The van der Waals surface area contributed by atoms with Crippen molar-refractivity contribution >= 4 is 51.1 Å². The predicted molar refractivity (Wildman–Crippen MR) is 122 cm³/mol. The van der Waals surface area contributed by atoms with E-state index in [9.17, 15) is 9.90 Å². The third-order valence-electron chi connectivity index (χ3n) is 4.19. The van der Waals surface area contributed by atoms with Gasteiger partial charge in [-0.2, -0.15) is 5.10 Å². The lowest BCUT2D eigenvalue weighted by Crippen LogP contribution is -2.28. The molecular formula is C22H16BrN3O3S. The molecule has 2 heterocycles. The molecule has 0 radical (unpaired) electrons. The molecule has 1 fully saturated rings. The van der Waals surface area contributed by atoms with Crippen molar-refractivity contribution in [1.82, 2.24) is 4.90 Å². The molecule has 1 aromatic heterocycles. The normalized spacial score (nSPS) is 17.0. The van der Waals surface area contributed by atoms with Gasteiger partial charge in [0, 0.05) is 4.47 Å². The van der Waals surface area contributed by atoms with Gasteiger partial charge >= 0.3 is 0 Å². The van der Waals surface area contributed by atoms with Crippen LogP contribution in [0, 0.1) is 0 Å². The van der Waals surface area contributed by atoms with E-state index in [1.807, 2.05) is 36.4 Å². The highest BCUT2D eigenvalue weighted by molar-refractivity contribution is 9.10. The van der Waals surface area contributed by atoms with E-state index in [-0.39, 0.29) is 18.2 Å². The van der Waals surface area contributed by atoms with Crippen LogP contribution in [0.15, 0.2) is 90.9 Å². The average Bonchev–Trinajstić information content (AvgIpc) is 3.35. The molecule has 150 valence electrons. The summed E-state index contributed by atoms with van der Waals surface area (Å²) in [6.07, 6.45) is 4.97. The number of phenolic OH excluding ortho intramolecular Hbond substituents is 1. The summed E-state index contributed by atoms with van der Waals surface area (Å²) >= 11 is 4.68. The summed E-state index contributed by atoms with van der Waals surface area (Å²) < 4.78 is 6.37. The number of aromatic hydroxyl groups is 1. The molecule has 4 rings (SSSR count). The van der Waals surface area contributed by atoms with Crippen LogP contribution in [0.3, 0.4) is 0 Å². The van der Waals surface area contributed by atoms with Crippen molar-refractivity contribution < 1.29 is 14.3 Å². The van der Waals surface area contributed by atoms with Crippen molar-refractivity contribution in [1.29, 1.82) is 0 Å². The van der Waals surface area contributed by atoms with Crippen molar-refractivity contribution in [3.8, 4) is 5.75 Å². The average molecular weight is 482 g/mol. The van der Waals surface area contributed by atoms with Crippen LogP contribution in [0.4, 0.5) is 0 Å². The van der Waals surface area contributed by atoms with Crippen LogP contribution in [0.2, 0.25) is 0 Å². The monoisotopic (exact) mass is 481 g/mol. The van der Waals surface area contributed by atoms with Gasteiger partial charge in [-0.15, -0.1) is 5.10 Å². The Labute approximate surface area is 185 Å². The van der Waals surface area contributed by atoms with Gasteiger partial charge in [0.15, 0.2) is 5.17 Å². The van der Waals surface area contributed by atoms with E-state index in [0.717, 1.165) is 15.6 Å². The summed E-state index contributed by atoms with van der Waals surface area (Å²) in [5, 5.41) is 18.2. The van der Waals surface area contributed by atoms with Gasteiger partial charge in [-0.1, -0.05) is 28.1 Å². The minimum absolute atomic E-state index is 0.155. The van der Waals surface area contributed by atoms with Crippen LogP contribution in [-0.2, 0) is 11.3 Å². The summed E-state index contributed by atoms with van der Waals surface area (Å²) in [5.74, 6) is 0.685. The van der Waals surface area contributed by atoms with Gasteiger partial charge in [0.1, 0.15) is 11.5 Å². The van der Waals surface area contributed by atoms with Crippen LogP contribution >= 0.6 is 27.7 Å². The van der Waals surface area contributed by atoms with Crippen molar-refractivity contribution in [3.05, 3.63) is 93.2 Å². The molecule has 0 atom stereocenters. The Hall–Kier alpha value is -3.10. The number of halogens is 1. The van der Waals surface area contributed by atoms with E-state index in [1.54, 1.807) is 47.7 Å². The molecule has 1 N–H and O–H groups in total. The van der Waals surface area contributed by atoms with Crippen LogP contribution in [0.1, 0.15) is 16.9 Å². The first-order valence-electron chi connectivity index (χ1n) is 8.98. The second kappa shape index (κ2) is 9.15. The number of hydrogen-bond donors (Lipinski definition) is 1. The highest BCUT2D eigenvalue weighted by Gasteiger charge is 2.34. The molecule has 1 aliphatic heterocycles. The number of amidine groups is 1. The molecule has 0 unspecified atom stereocenters. The molecule has 1 amide bonds. The first-order chi connectivity index (χ1) is 14.6. The Morgan fingerprint density at radius 3 is 2.50 bits per heavy atom. The third-order valence-corrected chi connectivity index (χ3v) is 5.72. The Balaban J connectivity index is 1.60. The lowest BCUT2D eigenvalue weighted by Gasteiger charge is -2.12. The molecule has 1 aliphatic rings. The minimum atomic E-state index is -0.155. The summed E-state index contributed by atoms with van der Waals surface area (Å²) in [7, 11) is 0. The van der Waals surface area contributed by atoms with Crippen molar-refractivity contribution in [2.24, 2.45) is 10.2 Å². The zero-order chi connectivity index (χ0) is 20.9. The van der Waals surface area contributed by atoms with Gasteiger partial charge < -0.3 is 9.52 Å². The fourth-order valence-electron chi connectivity index (χ4n) is 2.70. The quantitative estimate of drug-likeness (QED) is 0.306. The molecule has 1 saturated heterocycles. The number of amides is 1. The first-order valence-corrected chi connectivity index (χ1v) is 10.6. The SMILES string of the molecule is O=C1/C(=C/c2ccc(Br)cc2)S/C(=N/N=C\c2ccc(O)cc2)N1Cc1ccco1. The lowest BCUT2D eigenvalue weighted by molar-refractivity contribution is -0.122. The zero-order valence-electron chi connectivity index (χ0n) is 15.6. The largest absolute Gasteiger partial charge is 0.508 e. The van der Waals surface area contributed by atoms with E-state index >= 15 is 0 Å². The molecule has 0 spiro atoms. The number of benzene rings is 2. The zero-order valence-corrected chi connectivity index (χ0v) is 18.0. The van der Waals surface area contributed by atoms with Gasteiger partial charge in [-0.3, -0.25) is 9.69 Å². The highest BCUT2D eigenvalue weighted by Crippen LogP contribution is 2.34. The van der Waals surface area contributed by atoms with Crippen LogP contribution < -0.4 is 0 Å². The number of thioether (sulfide) groups is 1. The maximum atomic E-state index is 13.0. The highest BCUT2D eigenvalue weighted by atomic mass is 79.9. The van der Waals surface area contributed by atoms with E-state index in [0.29, 0.717) is 15.8 Å². The molecule has 30 heavy (non-hydrogen) atoms. The number of furan rings is 1. The Morgan fingerprint density at radius 2 is 1.80 bits per heavy atom. The number of nitrogens with zero attached hydrogens (tertiary/aromatic N) is 3. The Bertz CT molecular complexity index is 1120. The first kappa shape index (κ1) is 20.2. The number of rotatable bonds is 5. The van der Waals surface area contributed by atoms with E-state index in [2.05, 4.69) is 26.1 Å².